The quantitative estimate of drug-likeness (QED) is 0.883. The van der Waals surface area contributed by atoms with Crippen molar-refractivity contribution in [3.05, 3.63) is 29.8 Å². The van der Waals surface area contributed by atoms with Crippen molar-refractivity contribution in [2.24, 2.45) is 11.8 Å². The van der Waals surface area contributed by atoms with E-state index in [2.05, 4.69) is 15.5 Å². The number of rotatable bonds is 4. The Kier molecular flexibility index (Phi) is 4.71. The van der Waals surface area contributed by atoms with E-state index in [9.17, 15) is 18.0 Å². The minimum atomic E-state index is -4.30. The molecule has 0 unspecified atom stereocenters. The van der Waals surface area contributed by atoms with Gasteiger partial charge in [0.25, 0.3) is 0 Å². The average molecular weight is 341 g/mol. The highest BCUT2D eigenvalue weighted by molar-refractivity contribution is 5.77. The number of fused-ring (bicyclic) bond motifs is 1. The second kappa shape index (κ2) is 6.63. The van der Waals surface area contributed by atoms with Gasteiger partial charge in [-0.3, -0.25) is 4.79 Å². The smallest absolute Gasteiger partial charge is 0.371 e. The van der Waals surface area contributed by atoms with Crippen molar-refractivity contribution in [1.82, 2.24) is 10.6 Å². The normalized spacial score (nSPS) is 26.5. The van der Waals surface area contributed by atoms with Crippen molar-refractivity contribution in [1.29, 1.82) is 0 Å². The number of halogens is 3. The molecule has 132 valence electrons. The van der Waals surface area contributed by atoms with Crippen LogP contribution in [0, 0.1) is 11.8 Å². The molecule has 1 aromatic rings. The lowest BCUT2D eigenvalue weighted by Gasteiger charge is -2.23. The number of hydrogen-bond acceptors (Lipinski definition) is 3. The minimum Gasteiger partial charge on any atom is -0.371 e. The van der Waals surface area contributed by atoms with Gasteiger partial charge in [0.15, 0.2) is 0 Å². The number of likely N-dealkylation sites (N-methyl/N-ethyl adjacent to an activating group) is 1. The highest BCUT2D eigenvalue weighted by atomic mass is 19.4. The van der Waals surface area contributed by atoms with Gasteiger partial charge in [-0.15, -0.1) is 0 Å². The van der Waals surface area contributed by atoms with Gasteiger partial charge in [0.05, 0.1) is 12.1 Å². The number of amides is 1. The van der Waals surface area contributed by atoms with Crippen LogP contribution in [0.3, 0.4) is 0 Å². The predicted molar refractivity (Wildman–Crippen MR) is 85.7 cm³/mol. The first kappa shape index (κ1) is 17.1. The summed E-state index contributed by atoms with van der Waals surface area (Å²) >= 11 is 0. The fourth-order valence-corrected chi connectivity index (χ4v) is 3.90. The van der Waals surface area contributed by atoms with E-state index in [1.165, 1.54) is 0 Å². The third-order valence-electron chi connectivity index (χ3n) is 5.22. The monoisotopic (exact) mass is 341 g/mol. The fraction of sp³-hybridized carbons (Fsp3) is 0.588. The van der Waals surface area contributed by atoms with Crippen LogP contribution in [0.2, 0.25) is 0 Å². The van der Waals surface area contributed by atoms with E-state index in [1.54, 1.807) is 19.2 Å². The van der Waals surface area contributed by atoms with E-state index in [0.29, 0.717) is 24.4 Å². The number of benzene rings is 1. The molecule has 2 N–H and O–H groups in total. The van der Waals surface area contributed by atoms with Crippen molar-refractivity contribution >= 4 is 11.6 Å². The highest BCUT2D eigenvalue weighted by Crippen LogP contribution is 2.40. The summed E-state index contributed by atoms with van der Waals surface area (Å²) in [6, 6.07) is 5.69. The minimum absolute atomic E-state index is 0.0314. The number of anilines is 1. The third kappa shape index (κ3) is 3.50. The molecule has 1 aliphatic heterocycles. The number of nitrogens with one attached hydrogen (secondary N) is 2. The zero-order chi connectivity index (χ0) is 17.3. The number of nitrogens with zero attached hydrogens (tertiary/aromatic N) is 1. The van der Waals surface area contributed by atoms with Gasteiger partial charge in [-0.25, -0.2) is 0 Å². The molecule has 1 saturated heterocycles. The van der Waals surface area contributed by atoms with E-state index in [-0.39, 0.29) is 5.91 Å². The van der Waals surface area contributed by atoms with Crippen LogP contribution in [-0.4, -0.2) is 38.6 Å². The average Bonchev–Trinajstić information content (AvgIpc) is 3.12. The first-order valence-electron chi connectivity index (χ1n) is 8.24. The van der Waals surface area contributed by atoms with Crippen LogP contribution in [0.15, 0.2) is 24.3 Å². The largest absolute Gasteiger partial charge is 0.416 e. The molecule has 3 rings (SSSR count). The number of carbonyl (C=O) groups excluding carboxylic acids is 1. The zero-order valence-electron chi connectivity index (χ0n) is 13.6. The van der Waals surface area contributed by atoms with Crippen molar-refractivity contribution in [2.45, 2.75) is 25.1 Å². The van der Waals surface area contributed by atoms with Crippen molar-refractivity contribution in [2.75, 3.05) is 31.6 Å². The lowest BCUT2D eigenvalue weighted by Crippen LogP contribution is -2.41. The summed E-state index contributed by atoms with van der Waals surface area (Å²) in [5.41, 5.74) is 0.221. The lowest BCUT2D eigenvalue weighted by atomic mass is 9.98. The fourth-order valence-electron chi connectivity index (χ4n) is 3.90. The summed E-state index contributed by atoms with van der Waals surface area (Å²) < 4.78 is 38.0. The van der Waals surface area contributed by atoms with Crippen LogP contribution in [0.1, 0.15) is 18.4 Å². The maximum atomic E-state index is 12.7. The van der Waals surface area contributed by atoms with Gasteiger partial charge in [-0.1, -0.05) is 0 Å². The van der Waals surface area contributed by atoms with E-state index in [1.807, 2.05) is 0 Å². The maximum absolute atomic E-state index is 12.7. The summed E-state index contributed by atoms with van der Waals surface area (Å²) in [5.74, 6) is 0.947. The second-order valence-electron chi connectivity index (χ2n) is 6.61. The van der Waals surface area contributed by atoms with E-state index in [4.69, 9.17) is 0 Å². The molecular weight excluding hydrogens is 319 g/mol. The maximum Gasteiger partial charge on any atom is 0.416 e. The van der Waals surface area contributed by atoms with Crippen LogP contribution in [0.25, 0.3) is 0 Å². The molecule has 7 heteroatoms. The van der Waals surface area contributed by atoms with E-state index >= 15 is 0 Å². The molecule has 0 bridgehead atoms. The highest BCUT2D eigenvalue weighted by Gasteiger charge is 2.42. The first-order chi connectivity index (χ1) is 11.4. The first-order valence-corrected chi connectivity index (χ1v) is 8.24. The summed E-state index contributed by atoms with van der Waals surface area (Å²) in [4.78, 5) is 13.5. The molecule has 0 radical (unpaired) electrons. The Hall–Kier alpha value is -1.76. The van der Waals surface area contributed by atoms with Crippen LogP contribution in [-0.2, 0) is 11.0 Å². The van der Waals surface area contributed by atoms with Crippen LogP contribution < -0.4 is 15.5 Å². The zero-order valence-corrected chi connectivity index (χ0v) is 13.6. The molecule has 2 aliphatic rings. The number of hydrogen-bond donors (Lipinski definition) is 2. The summed E-state index contributed by atoms with van der Waals surface area (Å²) in [5, 5.41) is 5.91. The lowest BCUT2D eigenvalue weighted by molar-refractivity contribution is -0.137. The SMILES string of the molecule is CNC(=O)CN[C@H]1CC[C@@H]2CN(c3ccc(C(F)(F)F)cc3)C[C@@H]21. The summed E-state index contributed by atoms with van der Waals surface area (Å²) in [6.07, 6.45) is -2.16. The van der Waals surface area contributed by atoms with Gasteiger partial charge in [0, 0.05) is 31.9 Å². The molecule has 3 atom stereocenters. The Morgan fingerprint density at radius 1 is 1.21 bits per heavy atom. The molecule has 0 spiro atoms. The van der Waals surface area contributed by atoms with E-state index < -0.39 is 11.7 Å². The van der Waals surface area contributed by atoms with Gasteiger partial charge in [0.1, 0.15) is 0 Å². The van der Waals surface area contributed by atoms with Crippen molar-refractivity contribution in [3.8, 4) is 0 Å². The Bertz CT molecular complexity index is 588. The number of carbonyl (C=O) groups is 1. The second-order valence-corrected chi connectivity index (χ2v) is 6.61. The van der Waals surface area contributed by atoms with Gasteiger partial charge in [0.2, 0.25) is 5.91 Å². The predicted octanol–water partition coefficient (Wildman–Crippen LogP) is 2.26. The molecule has 0 aromatic heterocycles. The molecule has 1 amide bonds. The van der Waals surface area contributed by atoms with Crippen molar-refractivity contribution in [3.63, 3.8) is 0 Å². The Morgan fingerprint density at radius 2 is 1.92 bits per heavy atom. The van der Waals surface area contributed by atoms with Gasteiger partial charge < -0.3 is 15.5 Å². The molecule has 1 aromatic carbocycles. The standard InChI is InChI=1S/C17H22F3N3O/c1-21-16(24)8-22-15-7-2-11-9-23(10-14(11)15)13-5-3-12(4-6-13)17(18,19)20/h3-6,11,14-15,22H,2,7-10H2,1H3,(H,21,24)/t11-,14+,15+/m1/s1. The topological polar surface area (TPSA) is 44.4 Å². The van der Waals surface area contributed by atoms with Gasteiger partial charge in [-0.2, -0.15) is 13.2 Å². The van der Waals surface area contributed by atoms with Crippen LogP contribution in [0.5, 0.6) is 0 Å². The third-order valence-corrected chi connectivity index (χ3v) is 5.22. The van der Waals surface area contributed by atoms with Crippen LogP contribution >= 0.6 is 0 Å². The van der Waals surface area contributed by atoms with Gasteiger partial charge >= 0.3 is 6.18 Å². The summed E-state index contributed by atoms with van der Waals surface area (Å²) in [6.45, 7) is 2.00. The van der Waals surface area contributed by atoms with E-state index in [0.717, 1.165) is 43.8 Å². The Morgan fingerprint density at radius 3 is 2.54 bits per heavy atom. The molecule has 1 saturated carbocycles. The van der Waals surface area contributed by atoms with Crippen molar-refractivity contribution < 1.29 is 18.0 Å². The molecular formula is C17H22F3N3O. The molecule has 24 heavy (non-hydrogen) atoms. The molecule has 1 heterocycles. The van der Waals surface area contributed by atoms with Gasteiger partial charge in [-0.05, 0) is 48.9 Å². The Balaban J connectivity index is 1.62. The molecule has 4 nitrogen and oxygen atoms in total. The Labute approximate surface area is 139 Å². The summed E-state index contributed by atoms with van der Waals surface area (Å²) in [7, 11) is 1.61. The number of alkyl halides is 3. The molecule has 1 aliphatic carbocycles. The van der Waals surface area contributed by atoms with Crippen LogP contribution in [0.4, 0.5) is 18.9 Å². The molecule has 2 fully saturated rings.